The van der Waals surface area contributed by atoms with Crippen molar-refractivity contribution < 1.29 is 19.1 Å². The smallest absolute Gasteiger partial charge is 0.405 e. The molecule has 2 rings (SSSR count). The first-order valence-corrected chi connectivity index (χ1v) is 7.95. The summed E-state index contributed by atoms with van der Waals surface area (Å²) in [5.74, 6) is -0.946. The minimum Gasteiger partial charge on any atom is -0.465 e. The van der Waals surface area contributed by atoms with Gasteiger partial charge in [-0.15, -0.1) is 11.3 Å². The van der Waals surface area contributed by atoms with Crippen LogP contribution in [0.5, 0.6) is 0 Å². The van der Waals surface area contributed by atoms with Crippen LogP contribution in [0.15, 0.2) is 18.2 Å². The number of halogens is 1. The third-order valence-corrected chi connectivity index (χ3v) is 4.53. The average molecular weight is 339 g/mol. The molecule has 0 unspecified atom stereocenters. The van der Waals surface area contributed by atoms with E-state index in [4.69, 9.17) is 5.11 Å². The second kappa shape index (κ2) is 6.91. The SMILES string of the molecule is CC(C)[C@@H](NC(=O)O)C(=O)N[C@@H](C)c1nc2ccc(F)cc2s1. The molecule has 2 atom stereocenters. The summed E-state index contributed by atoms with van der Waals surface area (Å²) >= 11 is 1.29. The van der Waals surface area contributed by atoms with Crippen molar-refractivity contribution >= 4 is 33.6 Å². The first-order chi connectivity index (χ1) is 10.8. The number of fused-ring (bicyclic) bond motifs is 1. The van der Waals surface area contributed by atoms with E-state index in [-0.39, 0.29) is 11.7 Å². The zero-order valence-corrected chi connectivity index (χ0v) is 13.8. The molecule has 23 heavy (non-hydrogen) atoms. The van der Waals surface area contributed by atoms with E-state index in [0.717, 1.165) is 0 Å². The monoisotopic (exact) mass is 339 g/mol. The number of nitrogens with zero attached hydrogens (tertiary/aromatic N) is 1. The largest absolute Gasteiger partial charge is 0.465 e. The van der Waals surface area contributed by atoms with Crippen LogP contribution in [-0.4, -0.2) is 28.1 Å². The highest BCUT2D eigenvalue weighted by molar-refractivity contribution is 7.18. The summed E-state index contributed by atoms with van der Waals surface area (Å²) in [6, 6.07) is 3.07. The number of hydrogen-bond acceptors (Lipinski definition) is 4. The van der Waals surface area contributed by atoms with Crippen molar-refractivity contribution in [3.05, 3.63) is 29.0 Å². The summed E-state index contributed by atoms with van der Waals surface area (Å²) in [5.41, 5.74) is 0.663. The molecular weight excluding hydrogens is 321 g/mol. The van der Waals surface area contributed by atoms with E-state index >= 15 is 0 Å². The molecule has 3 N–H and O–H groups in total. The molecule has 1 aromatic heterocycles. The highest BCUT2D eigenvalue weighted by Gasteiger charge is 2.26. The predicted octanol–water partition coefficient (Wildman–Crippen LogP) is 2.90. The molecule has 0 spiro atoms. The Morgan fingerprint density at radius 2 is 1.96 bits per heavy atom. The summed E-state index contributed by atoms with van der Waals surface area (Å²) < 4.78 is 13.9. The molecule has 1 aromatic carbocycles. The molecule has 0 aliphatic heterocycles. The number of benzene rings is 1. The van der Waals surface area contributed by atoms with Gasteiger partial charge >= 0.3 is 6.09 Å². The van der Waals surface area contributed by atoms with Crippen molar-refractivity contribution in [3.8, 4) is 0 Å². The van der Waals surface area contributed by atoms with E-state index in [9.17, 15) is 14.0 Å². The molecule has 2 amide bonds. The molecule has 0 saturated heterocycles. The lowest BCUT2D eigenvalue weighted by Crippen LogP contribution is -2.49. The van der Waals surface area contributed by atoms with Gasteiger partial charge in [-0.25, -0.2) is 14.2 Å². The third-order valence-electron chi connectivity index (χ3n) is 3.32. The maximum absolute atomic E-state index is 13.2. The first kappa shape index (κ1) is 17.1. The Morgan fingerprint density at radius 3 is 2.57 bits per heavy atom. The van der Waals surface area contributed by atoms with Crippen LogP contribution in [0.1, 0.15) is 31.8 Å². The number of carbonyl (C=O) groups is 2. The van der Waals surface area contributed by atoms with E-state index in [0.29, 0.717) is 15.2 Å². The van der Waals surface area contributed by atoms with Crippen LogP contribution in [0, 0.1) is 11.7 Å². The van der Waals surface area contributed by atoms with Gasteiger partial charge in [0.15, 0.2) is 0 Å². The van der Waals surface area contributed by atoms with Crippen LogP contribution in [-0.2, 0) is 4.79 Å². The lowest BCUT2D eigenvalue weighted by atomic mass is 10.0. The Bertz CT molecular complexity index is 732. The Hall–Kier alpha value is -2.22. The van der Waals surface area contributed by atoms with Crippen LogP contribution in [0.4, 0.5) is 9.18 Å². The van der Waals surface area contributed by atoms with Crippen molar-refractivity contribution in [1.82, 2.24) is 15.6 Å². The fourth-order valence-electron chi connectivity index (χ4n) is 2.13. The maximum Gasteiger partial charge on any atom is 0.405 e. The Balaban J connectivity index is 2.13. The van der Waals surface area contributed by atoms with E-state index in [2.05, 4.69) is 15.6 Å². The molecule has 1 heterocycles. The zero-order chi connectivity index (χ0) is 17.1. The highest BCUT2D eigenvalue weighted by Crippen LogP contribution is 2.27. The number of nitrogens with one attached hydrogen (secondary N) is 2. The molecule has 0 saturated carbocycles. The molecule has 0 fully saturated rings. The zero-order valence-electron chi connectivity index (χ0n) is 13.0. The molecule has 2 aromatic rings. The Kier molecular flexibility index (Phi) is 5.15. The Labute approximate surface area is 136 Å². The summed E-state index contributed by atoms with van der Waals surface area (Å²) in [6.45, 7) is 5.26. The fourth-order valence-corrected chi connectivity index (χ4v) is 3.13. The number of carboxylic acid groups (broad SMARTS) is 1. The lowest BCUT2D eigenvalue weighted by molar-refractivity contribution is -0.124. The van der Waals surface area contributed by atoms with Crippen molar-refractivity contribution in [1.29, 1.82) is 0 Å². The van der Waals surface area contributed by atoms with Gasteiger partial charge in [0.1, 0.15) is 16.9 Å². The Morgan fingerprint density at radius 1 is 1.26 bits per heavy atom. The molecule has 0 aliphatic rings. The predicted molar refractivity (Wildman–Crippen MR) is 85.9 cm³/mol. The number of carbonyl (C=O) groups excluding carboxylic acids is 1. The summed E-state index contributed by atoms with van der Waals surface area (Å²) in [5, 5.41) is 14.4. The third kappa shape index (κ3) is 4.16. The highest BCUT2D eigenvalue weighted by atomic mass is 32.1. The molecule has 0 bridgehead atoms. The van der Waals surface area contributed by atoms with Gasteiger partial charge in [0.2, 0.25) is 5.91 Å². The van der Waals surface area contributed by atoms with Crippen LogP contribution in [0.3, 0.4) is 0 Å². The second-order valence-corrected chi connectivity index (χ2v) is 6.63. The molecule has 0 aliphatic carbocycles. The van der Waals surface area contributed by atoms with Crippen molar-refractivity contribution in [2.24, 2.45) is 5.92 Å². The van der Waals surface area contributed by atoms with E-state index in [1.165, 1.54) is 23.5 Å². The first-order valence-electron chi connectivity index (χ1n) is 7.13. The molecule has 8 heteroatoms. The van der Waals surface area contributed by atoms with Crippen molar-refractivity contribution in [2.75, 3.05) is 0 Å². The van der Waals surface area contributed by atoms with Gasteiger partial charge in [-0.05, 0) is 31.0 Å². The maximum atomic E-state index is 13.2. The minimum absolute atomic E-state index is 0.192. The van der Waals surface area contributed by atoms with E-state index in [1.807, 2.05) is 0 Å². The summed E-state index contributed by atoms with van der Waals surface area (Å²) in [7, 11) is 0. The van der Waals surface area contributed by atoms with Crippen LogP contribution >= 0.6 is 11.3 Å². The molecule has 6 nitrogen and oxygen atoms in total. The van der Waals surface area contributed by atoms with Gasteiger partial charge in [0.25, 0.3) is 0 Å². The lowest BCUT2D eigenvalue weighted by Gasteiger charge is -2.22. The summed E-state index contributed by atoms with van der Waals surface area (Å²) in [4.78, 5) is 27.4. The van der Waals surface area contributed by atoms with E-state index in [1.54, 1.807) is 26.8 Å². The number of amides is 2. The number of aromatic nitrogens is 1. The van der Waals surface area contributed by atoms with Gasteiger partial charge in [-0.1, -0.05) is 13.8 Å². The van der Waals surface area contributed by atoms with Crippen molar-refractivity contribution in [2.45, 2.75) is 32.9 Å². The molecular formula is C15H18FN3O3S. The van der Waals surface area contributed by atoms with Gasteiger partial charge in [0.05, 0.1) is 16.3 Å². The second-order valence-electron chi connectivity index (χ2n) is 5.57. The standard InChI is InChI=1S/C15H18FN3O3S/c1-7(2)12(19-15(21)22)13(20)17-8(3)14-18-10-5-4-9(16)6-11(10)23-14/h4-8,12,19H,1-3H3,(H,17,20)(H,21,22)/t8-,12+/m0/s1. The van der Waals surface area contributed by atoms with Crippen LogP contribution in [0.25, 0.3) is 10.2 Å². The van der Waals surface area contributed by atoms with Crippen molar-refractivity contribution in [3.63, 3.8) is 0 Å². The van der Waals surface area contributed by atoms with Crippen LogP contribution in [0.2, 0.25) is 0 Å². The quantitative estimate of drug-likeness (QED) is 0.781. The summed E-state index contributed by atoms with van der Waals surface area (Å²) in [6.07, 6.45) is -1.25. The van der Waals surface area contributed by atoms with Gasteiger partial charge in [-0.2, -0.15) is 0 Å². The van der Waals surface area contributed by atoms with Gasteiger partial charge in [-0.3, -0.25) is 4.79 Å². The van der Waals surface area contributed by atoms with Gasteiger partial charge in [0, 0.05) is 0 Å². The fraction of sp³-hybridized carbons (Fsp3) is 0.400. The number of hydrogen-bond donors (Lipinski definition) is 3. The minimum atomic E-state index is -1.25. The number of thiazole rings is 1. The molecule has 0 radical (unpaired) electrons. The van der Waals surface area contributed by atoms with Gasteiger partial charge < -0.3 is 15.7 Å². The topological polar surface area (TPSA) is 91.3 Å². The average Bonchev–Trinajstić information content (AvgIpc) is 2.87. The van der Waals surface area contributed by atoms with E-state index < -0.39 is 24.1 Å². The van der Waals surface area contributed by atoms with Crippen LogP contribution < -0.4 is 10.6 Å². The number of rotatable bonds is 5. The molecule has 124 valence electrons. The normalized spacial score (nSPS) is 13.8.